The van der Waals surface area contributed by atoms with Crippen molar-refractivity contribution in [1.82, 2.24) is 5.32 Å². The Morgan fingerprint density at radius 1 is 1.39 bits per heavy atom. The molecule has 1 unspecified atom stereocenters. The van der Waals surface area contributed by atoms with Crippen LogP contribution in [0.4, 0.5) is 0 Å². The Kier molecular flexibility index (Phi) is 5.39. The largest absolute Gasteiger partial charge is 0.391 e. The SMILES string of the molecule is CC(=CC(=O)NCC(O)C1CCCC1)C(C)(C)C. The van der Waals surface area contributed by atoms with Gasteiger partial charge in [-0.3, -0.25) is 4.79 Å². The Morgan fingerprint density at radius 2 is 1.94 bits per heavy atom. The number of hydrogen-bond acceptors (Lipinski definition) is 2. The minimum atomic E-state index is -0.389. The number of hydrogen-bond donors (Lipinski definition) is 2. The average Bonchev–Trinajstić information content (AvgIpc) is 2.77. The number of nitrogens with one attached hydrogen (secondary N) is 1. The number of aliphatic hydroxyl groups excluding tert-OH is 1. The number of allylic oxidation sites excluding steroid dienone is 1. The third-order valence-electron chi connectivity index (χ3n) is 3.96. The third-order valence-corrected chi connectivity index (χ3v) is 3.96. The fourth-order valence-corrected chi connectivity index (χ4v) is 2.18. The highest BCUT2D eigenvalue weighted by atomic mass is 16.3. The minimum absolute atomic E-state index is 0.0153. The zero-order chi connectivity index (χ0) is 13.8. The molecule has 1 aliphatic carbocycles. The van der Waals surface area contributed by atoms with Gasteiger partial charge in [0.25, 0.3) is 0 Å². The first kappa shape index (κ1) is 15.2. The van der Waals surface area contributed by atoms with Gasteiger partial charge in [0.15, 0.2) is 0 Å². The van der Waals surface area contributed by atoms with Crippen molar-refractivity contribution in [3.8, 4) is 0 Å². The molecule has 3 heteroatoms. The normalized spacial score (nSPS) is 19.9. The Bertz CT molecular complexity index is 309. The Labute approximate surface area is 111 Å². The molecule has 1 atom stereocenters. The molecular weight excluding hydrogens is 226 g/mol. The Balaban J connectivity index is 2.37. The predicted molar refractivity (Wildman–Crippen MR) is 74.2 cm³/mol. The lowest BCUT2D eigenvalue weighted by Gasteiger charge is -2.20. The maximum absolute atomic E-state index is 11.7. The van der Waals surface area contributed by atoms with E-state index in [0.717, 1.165) is 18.4 Å². The molecule has 0 spiro atoms. The van der Waals surface area contributed by atoms with Crippen molar-refractivity contribution in [1.29, 1.82) is 0 Å². The van der Waals surface area contributed by atoms with Crippen molar-refractivity contribution >= 4 is 5.91 Å². The maximum atomic E-state index is 11.7. The van der Waals surface area contributed by atoms with E-state index in [0.29, 0.717) is 12.5 Å². The summed E-state index contributed by atoms with van der Waals surface area (Å²) in [6.07, 6.45) is 5.85. The smallest absolute Gasteiger partial charge is 0.244 e. The van der Waals surface area contributed by atoms with Crippen LogP contribution in [0.15, 0.2) is 11.6 Å². The van der Waals surface area contributed by atoms with E-state index in [9.17, 15) is 9.90 Å². The molecular formula is C15H27NO2. The van der Waals surface area contributed by atoms with Gasteiger partial charge >= 0.3 is 0 Å². The van der Waals surface area contributed by atoms with Gasteiger partial charge in [-0.1, -0.05) is 39.2 Å². The van der Waals surface area contributed by atoms with Crippen LogP contribution in [0, 0.1) is 11.3 Å². The van der Waals surface area contributed by atoms with E-state index >= 15 is 0 Å². The first-order chi connectivity index (χ1) is 8.30. The van der Waals surface area contributed by atoms with E-state index < -0.39 is 0 Å². The molecule has 1 rings (SSSR count). The summed E-state index contributed by atoms with van der Waals surface area (Å²) in [6, 6.07) is 0. The van der Waals surface area contributed by atoms with E-state index in [4.69, 9.17) is 0 Å². The second-order valence-electron chi connectivity index (χ2n) is 6.43. The van der Waals surface area contributed by atoms with Crippen LogP contribution in [0.5, 0.6) is 0 Å². The van der Waals surface area contributed by atoms with Gasteiger partial charge in [-0.05, 0) is 31.1 Å². The van der Waals surface area contributed by atoms with E-state index in [1.54, 1.807) is 6.08 Å². The lowest BCUT2D eigenvalue weighted by molar-refractivity contribution is -0.117. The number of aliphatic hydroxyl groups is 1. The van der Waals surface area contributed by atoms with Gasteiger partial charge in [-0.15, -0.1) is 0 Å². The molecule has 1 amide bonds. The lowest BCUT2D eigenvalue weighted by atomic mass is 9.87. The molecule has 18 heavy (non-hydrogen) atoms. The lowest BCUT2D eigenvalue weighted by Crippen LogP contribution is -2.35. The topological polar surface area (TPSA) is 49.3 Å². The summed E-state index contributed by atoms with van der Waals surface area (Å²) in [5, 5.41) is 12.8. The molecule has 1 aliphatic rings. The molecule has 0 saturated heterocycles. The molecule has 0 aromatic heterocycles. The third kappa shape index (κ3) is 4.81. The van der Waals surface area contributed by atoms with Crippen molar-refractivity contribution in [2.24, 2.45) is 11.3 Å². The summed E-state index contributed by atoms with van der Waals surface area (Å²) < 4.78 is 0. The molecule has 1 fully saturated rings. The predicted octanol–water partition coefficient (Wildman–Crippen LogP) is 2.65. The van der Waals surface area contributed by atoms with Crippen LogP contribution in [0.25, 0.3) is 0 Å². The first-order valence-electron chi connectivity index (χ1n) is 6.95. The van der Waals surface area contributed by atoms with E-state index in [2.05, 4.69) is 26.1 Å². The van der Waals surface area contributed by atoms with Crippen molar-refractivity contribution in [2.75, 3.05) is 6.54 Å². The van der Waals surface area contributed by atoms with Crippen LogP contribution in [0.1, 0.15) is 53.4 Å². The molecule has 0 aromatic carbocycles. The van der Waals surface area contributed by atoms with Crippen LogP contribution < -0.4 is 5.32 Å². The van der Waals surface area contributed by atoms with Gasteiger partial charge in [0.1, 0.15) is 0 Å². The molecule has 0 aliphatic heterocycles. The molecule has 2 N–H and O–H groups in total. The number of rotatable bonds is 4. The molecule has 3 nitrogen and oxygen atoms in total. The summed E-state index contributed by atoms with van der Waals surface area (Å²) in [6.45, 7) is 8.59. The van der Waals surface area contributed by atoms with Crippen LogP contribution in [0.2, 0.25) is 0 Å². The standard InChI is InChI=1S/C15H27NO2/c1-11(15(2,3)4)9-14(18)16-10-13(17)12-7-5-6-8-12/h9,12-13,17H,5-8,10H2,1-4H3,(H,16,18). The zero-order valence-corrected chi connectivity index (χ0v) is 12.1. The Hall–Kier alpha value is -0.830. The van der Waals surface area contributed by atoms with Crippen molar-refractivity contribution in [2.45, 2.75) is 59.5 Å². The van der Waals surface area contributed by atoms with Gasteiger partial charge in [0.05, 0.1) is 6.10 Å². The monoisotopic (exact) mass is 253 g/mol. The fraction of sp³-hybridized carbons (Fsp3) is 0.800. The van der Waals surface area contributed by atoms with Crippen LogP contribution in [-0.2, 0) is 4.79 Å². The molecule has 104 valence electrons. The minimum Gasteiger partial charge on any atom is -0.391 e. The zero-order valence-electron chi connectivity index (χ0n) is 12.1. The number of carbonyl (C=O) groups excluding carboxylic acids is 1. The summed E-state index contributed by atoms with van der Waals surface area (Å²) >= 11 is 0. The second-order valence-corrected chi connectivity index (χ2v) is 6.43. The number of carbonyl (C=O) groups is 1. The summed E-state index contributed by atoms with van der Waals surface area (Å²) in [4.78, 5) is 11.7. The van der Waals surface area contributed by atoms with Gasteiger partial charge in [-0.25, -0.2) is 0 Å². The van der Waals surface area contributed by atoms with E-state index in [1.165, 1.54) is 12.8 Å². The molecule has 0 bridgehead atoms. The van der Waals surface area contributed by atoms with Crippen LogP contribution in [0.3, 0.4) is 0 Å². The van der Waals surface area contributed by atoms with Gasteiger partial charge < -0.3 is 10.4 Å². The number of amides is 1. The van der Waals surface area contributed by atoms with E-state index in [1.807, 2.05) is 6.92 Å². The fourth-order valence-electron chi connectivity index (χ4n) is 2.18. The molecule has 1 saturated carbocycles. The van der Waals surface area contributed by atoms with Crippen LogP contribution >= 0.6 is 0 Å². The Morgan fingerprint density at radius 3 is 2.44 bits per heavy atom. The van der Waals surface area contributed by atoms with Crippen LogP contribution in [-0.4, -0.2) is 23.7 Å². The average molecular weight is 253 g/mol. The highest BCUT2D eigenvalue weighted by molar-refractivity contribution is 5.88. The first-order valence-corrected chi connectivity index (χ1v) is 6.95. The van der Waals surface area contributed by atoms with Crippen molar-refractivity contribution in [3.05, 3.63) is 11.6 Å². The highest BCUT2D eigenvalue weighted by Gasteiger charge is 2.23. The van der Waals surface area contributed by atoms with Gasteiger partial charge in [0, 0.05) is 12.6 Å². The maximum Gasteiger partial charge on any atom is 0.244 e. The van der Waals surface area contributed by atoms with Crippen molar-refractivity contribution in [3.63, 3.8) is 0 Å². The molecule has 0 aromatic rings. The van der Waals surface area contributed by atoms with Crippen molar-refractivity contribution < 1.29 is 9.90 Å². The summed E-state index contributed by atoms with van der Waals surface area (Å²) in [5.41, 5.74) is 1.07. The second kappa shape index (κ2) is 6.37. The molecule has 0 radical (unpaired) electrons. The quantitative estimate of drug-likeness (QED) is 0.757. The highest BCUT2D eigenvalue weighted by Crippen LogP contribution is 2.27. The summed E-state index contributed by atoms with van der Waals surface area (Å²) in [7, 11) is 0. The summed E-state index contributed by atoms with van der Waals surface area (Å²) in [5.74, 6) is 0.275. The van der Waals surface area contributed by atoms with Gasteiger partial charge in [-0.2, -0.15) is 0 Å². The van der Waals surface area contributed by atoms with Gasteiger partial charge in [0.2, 0.25) is 5.91 Å². The van der Waals surface area contributed by atoms with E-state index in [-0.39, 0.29) is 17.4 Å². The molecule has 0 heterocycles.